The summed E-state index contributed by atoms with van der Waals surface area (Å²) in [7, 11) is 1.47. The molecule has 2 aromatic carbocycles. The van der Waals surface area contributed by atoms with Crippen LogP contribution in [0.25, 0.3) is 6.08 Å². The Bertz CT molecular complexity index is 1000. The molecule has 2 aliphatic rings. The van der Waals surface area contributed by atoms with E-state index >= 15 is 0 Å². The third kappa shape index (κ3) is 4.35. The lowest BCUT2D eigenvalue weighted by Crippen LogP contribution is -2.40. The quantitative estimate of drug-likeness (QED) is 0.590. The van der Waals surface area contributed by atoms with Crippen molar-refractivity contribution in [2.24, 2.45) is 4.99 Å². The molecule has 1 saturated heterocycles. The molecule has 1 aliphatic carbocycles. The summed E-state index contributed by atoms with van der Waals surface area (Å²) in [6.45, 7) is 0. The summed E-state index contributed by atoms with van der Waals surface area (Å²) < 4.78 is 5.18. The van der Waals surface area contributed by atoms with Gasteiger partial charge in [-0.1, -0.05) is 49.1 Å². The highest BCUT2D eigenvalue weighted by molar-refractivity contribution is 8.18. The number of para-hydroxylation sites is 1. The van der Waals surface area contributed by atoms with Crippen LogP contribution in [0.1, 0.15) is 37.7 Å². The van der Waals surface area contributed by atoms with Crippen LogP contribution < -0.4 is 4.74 Å². The number of aliphatic imine (C=N–C) groups is 1. The second-order valence-electron chi connectivity index (χ2n) is 7.36. The van der Waals surface area contributed by atoms with Gasteiger partial charge in [0.25, 0.3) is 5.91 Å². The molecule has 0 bridgehead atoms. The summed E-state index contributed by atoms with van der Waals surface area (Å²) in [5.74, 6) is 0.124. The first-order valence-corrected chi connectivity index (χ1v) is 11.2. The first-order valence-electron chi connectivity index (χ1n) is 10.00. The van der Waals surface area contributed by atoms with E-state index < -0.39 is 0 Å². The molecule has 7 heteroatoms. The van der Waals surface area contributed by atoms with Crippen LogP contribution in [0.2, 0.25) is 5.02 Å². The number of nitrogens with zero attached hydrogens (tertiary/aromatic N) is 2. The normalized spacial score (nSPS) is 20.3. The Labute approximate surface area is 185 Å². The summed E-state index contributed by atoms with van der Waals surface area (Å²) in [5, 5.41) is 10.9. The van der Waals surface area contributed by atoms with Crippen LogP contribution >= 0.6 is 23.4 Å². The highest BCUT2D eigenvalue weighted by Crippen LogP contribution is 2.40. The van der Waals surface area contributed by atoms with Gasteiger partial charge in [0.15, 0.2) is 16.7 Å². The molecule has 1 N–H and O–H groups in total. The highest BCUT2D eigenvalue weighted by Gasteiger charge is 2.38. The Hall–Kier alpha value is -2.44. The van der Waals surface area contributed by atoms with E-state index in [4.69, 9.17) is 21.3 Å². The number of benzene rings is 2. The Morgan fingerprint density at radius 2 is 1.93 bits per heavy atom. The second kappa shape index (κ2) is 9.14. The fraction of sp³-hybridized carbons (Fsp3) is 0.304. The van der Waals surface area contributed by atoms with Crippen LogP contribution in [0, 0.1) is 0 Å². The van der Waals surface area contributed by atoms with Gasteiger partial charge in [-0.3, -0.25) is 9.69 Å². The van der Waals surface area contributed by atoms with Crippen molar-refractivity contribution in [2.45, 2.75) is 38.1 Å². The Balaban J connectivity index is 1.71. The van der Waals surface area contributed by atoms with Crippen LogP contribution in [0.5, 0.6) is 11.5 Å². The number of methoxy groups -OCH3 is 1. The van der Waals surface area contributed by atoms with E-state index in [1.54, 1.807) is 18.2 Å². The van der Waals surface area contributed by atoms with Crippen molar-refractivity contribution < 1.29 is 14.6 Å². The maximum Gasteiger partial charge on any atom is 0.267 e. The largest absolute Gasteiger partial charge is 0.503 e. The molecule has 1 aliphatic heterocycles. The Kier molecular flexibility index (Phi) is 6.35. The number of amides is 1. The molecule has 1 amide bonds. The van der Waals surface area contributed by atoms with Crippen molar-refractivity contribution in [1.29, 1.82) is 0 Å². The van der Waals surface area contributed by atoms with E-state index in [-0.39, 0.29) is 28.5 Å². The average Bonchev–Trinajstić information content (AvgIpc) is 3.06. The van der Waals surface area contributed by atoms with E-state index in [0.29, 0.717) is 15.6 Å². The average molecular weight is 443 g/mol. The molecule has 1 saturated carbocycles. The predicted molar refractivity (Wildman–Crippen MR) is 122 cm³/mol. The molecule has 0 aromatic heterocycles. The molecule has 0 radical (unpaired) electrons. The lowest BCUT2D eigenvalue weighted by atomic mass is 9.94. The summed E-state index contributed by atoms with van der Waals surface area (Å²) in [5.41, 5.74) is 1.51. The van der Waals surface area contributed by atoms with E-state index in [1.807, 2.05) is 35.2 Å². The molecule has 2 fully saturated rings. The van der Waals surface area contributed by atoms with Gasteiger partial charge in [0.2, 0.25) is 0 Å². The lowest BCUT2D eigenvalue weighted by Gasteiger charge is -2.30. The van der Waals surface area contributed by atoms with Crippen molar-refractivity contribution in [1.82, 2.24) is 4.90 Å². The second-order valence-corrected chi connectivity index (χ2v) is 8.78. The number of thioether (sulfide) groups is 1. The van der Waals surface area contributed by atoms with Crippen LogP contribution in [0.4, 0.5) is 5.69 Å². The summed E-state index contributed by atoms with van der Waals surface area (Å²) >= 11 is 7.50. The van der Waals surface area contributed by atoms with Crippen LogP contribution in [0.15, 0.2) is 52.4 Å². The minimum Gasteiger partial charge on any atom is -0.503 e. The molecule has 5 nitrogen and oxygen atoms in total. The molecule has 0 spiro atoms. The predicted octanol–water partition coefficient (Wildman–Crippen LogP) is 5.99. The zero-order valence-electron chi connectivity index (χ0n) is 16.7. The number of carbonyl (C=O) groups excluding carboxylic acids is 1. The van der Waals surface area contributed by atoms with Crippen molar-refractivity contribution >= 4 is 46.2 Å². The van der Waals surface area contributed by atoms with Crippen LogP contribution in [-0.4, -0.2) is 34.2 Å². The minimum absolute atomic E-state index is 0.0373. The first-order chi connectivity index (χ1) is 14.6. The van der Waals surface area contributed by atoms with Crippen molar-refractivity contribution in [2.75, 3.05) is 7.11 Å². The summed E-state index contributed by atoms with van der Waals surface area (Å²) in [6.07, 6.45) is 7.23. The Morgan fingerprint density at radius 3 is 2.63 bits per heavy atom. The van der Waals surface area contributed by atoms with Gasteiger partial charge in [-0.05, 0) is 60.5 Å². The number of halogens is 1. The number of phenols is 1. The SMILES string of the molecule is COc1cc(/C=C2\SC(=Nc3ccccc3)N(C3CCCCC3)C2=O)cc(Cl)c1O. The molecule has 30 heavy (non-hydrogen) atoms. The number of ether oxygens (including phenoxy) is 1. The fourth-order valence-electron chi connectivity index (χ4n) is 3.82. The van der Waals surface area contributed by atoms with Crippen LogP contribution in [-0.2, 0) is 4.79 Å². The maximum atomic E-state index is 13.4. The first kappa shape index (κ1) is 20.8. The monoisotopic (exact) mass is 442 g/mol. The molecule has 1 heterocycles. The highest BCUT2D eigenvalue weighted by atomic mass is 35.5. The third-order valence-electron chi connectivity index (χ3n) is 5.33. The zero-order valence-corrected chi connectivity index (χ0v) is 18.2. The van der Waals surface area contributed by atoms with E-state index in [9.17, 15) is 9.90 Å². The standard InChI is InChI=1S/C23H23ClN2O3S/c1-29-19-13-15(12-18(24)21(19)27)14-20-22(28)26(17-10-6-3-7-11-17)23(30-20)25-16-8-4-2-5-9-16/h2,4-5,8-9,12-14,17,27H,3,6-7,10-11H2,1H3/b20-14-,25-23?. The molecular formula is C23H23ClN2O3S. The maximum absolute atomic E-state index is 13.4. The summed E-state index contributed by atoms with van der Waals surface area (Å²) in [4.78, 5) is 20.6. The topological polar surface area (TPSA) is 62.1 Å². The lowest BCUT2D eigenvalue weighted by molar-refractivity contribution is -0.124. The molecule has 0 atom stereocenters. The minimum atomic E-state index is -0.109. The summed E-state index contributed by atoms with van der Waals surface area (Å²) in [6, 6.07) is 13.2. The number of carbonyl (C=O) groups is 1. The zero-order chi connectivity index (χ0) is 21.1. The number of aromatic hydroxyl groups is 1. The molecule has 0 unspecified atom stereocenters. The Morgan fingerprint density at radius 1 is 1.20 bits per heavy atom. The molecule has 2 aromatic rings. The van der Waals surface area contributed by atoms with Gasteiger partial charge >= 0.3 is 0 Å². The van der Waals surface area contributed by atoms with E-state index in [2.05, 4.69) is 0 Å². The van der Waals surface area contributed by atoms with Gasteiger partial charge in [0, 0.05) is 6.04 Å². The number of amidine groups is 1. The van der Waals surface area contributed by atoms with Gasteiger partial charge in [-0.2, -0.15) is 0 Å². The third-order valence-corrected chi connectivity index (χ3v) is 6.60. The van der Waals surface area contributed by atoms with Gasteiger partial charge in [0.05, 0.1) is 22.7 Å². The van der Waals surface area contributed by atoms with Gasteiger partial charge in [0.1, 0.15) is 0 Å². The van der Waals surface area contributed by atoms with Crippen LogP contribution in [0.3, 0.4) is 0 Å². The fourth-order valence-corrected chi connectivity index (χ4v) is 5.10. The molecular weight excluding hydrogens is 420 g/mol. The number of rotatable bonds is 4. The van der Waals surface area contributed by atoms with Crippen molar-refractivity contribution in [3.8, 4) is 11.5 Å². The van der Waals surface area contributed by atoms with Gasteiger partial charge in [-0.15, -0.1) is 0 Å². The number of hydrogen-bond donors (Lipinski definition) is 1. The van der Waals surface area contributed by atoms with Gasteiger partial charge in [-0.25, -0.2) is 4.99 Å². The van der Waals surface area contributed by atoms with Crippen molar-refractivity contribution in [3.63, 3.8) is 0 Å². The molecule has 156 valence electrons. The van der Waals surface area contributed by atoms with E-state index in [1.165, 1.54) is 25.3 Å². The number of phenolic OH excluding ortho intramolecular Hbond substituents is 1. The van der Waals surface area contributed by atoms with E-state index in [0.717, 1.165) is 31.4 Å². The number of hydrogen-bond acceptors (Lipinski definition) is 5. The van der Waals surface area contributed by atoms with Gasteiger partial charge < -0.3 is 9.84 Å². The van der Waals surface area contributed by atoms with Crippen molar-refractivity contribution in [3.05, 3.63) is 58.0 Å². The smallest absolute Gasteiger partial charge is 0.267 e. The molecule has 4 rings (SSSR count).